The van der Waals surface area contributed by atoms with Gasteiger partial charge in [0.25, 0.3) is 0 Å². The van der Waals surface area contributed by atoms with Crippen molar-refractivity contribution in [1.82, 2.24) is 15.0 Å². The number of carboxylic acid groups (broad SMARTS) is 1. The van der Waals surface area contributed by atoms with Gasteiger partial charge in [-0.1, -0.05) is 31.5 Å². The third-order valence-corrected chi connectivity index (χ3v) is 5.68. The summed E-state index contributed by atoms with van der Waals surface area (Å²) < 4.78 is 0. The van der Waals surface area contributed by atoms with Crippen molar-refractivity contribution in [2.75, 3.05) is 23.3 Å². The summed E-state index contributed by atoms with van der Waals surface area (Å²) in [7, 11) is 0. The molecule has 2 N–H and O–H groups in total. The number of aryl methyl sites for hydroxylation is 1. The first-order valence-electron chi connectivity index (χ1n) is 10.2. The molecular weight excluding hydrogens is 428 g/mol. The summed E-state index contributed by atoms with van der Waals surface area (Å²) in [4.78, 5) is 27.1. The average molecular weight is 451 g/mol. The topological polar surface area (TPSA) is 115 Å². The lowest BCUT2D eigenvalue weighted by molar-refractivity contribution is 0.0691. The van der Waals surface area contributed by atoms with Gasteiger partial charge in [-0.3, -0.25) is 0 Å². The number of anilines is 2. The highest BCUT2D eigenvalue weighted by atomic mass is 35.5. The number of nitrogens with zero attached hydrogens (tertiary/aromatic N) is 5. The highest BCUT2D eigenvalue weighted by molar-refractivity contribution is 6.29. The molecule has 1 aromatic carbocycles. The second kappa shape index (κ2) is 7.92. The standard InChI is InChI=1S/C23H23ClN6O2/c1-12-7-14(13(2)26-15-5-6-18(24)28-20(15)22(31)32)19-16(8-12)27-17(9-25)21(29-19)30-10-23(3,4)11-30/h5-8,13,26H,10-11H2,1-4H3,(H,31,32). The molecule has 1 saturated heterocycles. The molecule has 0 saturated carbocycles. The smallest absolute Gasteiger partial charge is 0.356 e. The fraction of sp³-hybridized carbons (Fsp3) is 0.348. The summed E-state index contributed by atoms with van der Waals surface area (Å²) in [5, 5.41) is 22.5. The van der Waals surface area contributed by atoms with Gasteiger partial charge in [0, 0.05) is 18.7 Å². The van der Waals surface area contributed by atoms with E-state index in [2.05, 4.69) is 40.1 Å². The lowest BCUT2D eigenvalue weighted by atomic mass is 9.84. The van der Waals surface area contributed by atoms with Crippen LogP contribution < -0.4 is 10.2 Å². The summed E-state index contributed by atoms with van der Waals surface area (Å²) >= 11 is 5.88. The van der Waals surface area contributed by atoms with Crippen LogP contribution in [0.1, 0.15) is 54.1 Å². The summed E-state index contributed by atoms with van der Waals surface area (Å²) in [5.41, 5.74) is 3.80. The summed E-state index contributed by atoms with van der Waals surface area (Å²) in [5.74, 6) is -0.589. The average Bonchev–Trinajstić information content (AvgIpc) is 2.71. The van der Waals surface area contributed by atoms with E-state index >= 15 is 0 Å². The Hall–Kier alpha value is -3.44. The van der Waals surface area contributed by atoms with Gasteiger partial charge in [-0.25, -0.2) is 19.7 Å². The Morgan fingerprint density at radius 2 is 2.00 bits per heavy atom. The molecule has 0 aliphatic carbocycles. The molecule has 164 valence electrons. The summed E-state index contributed by atoms with van der Waals surface area (Å²) in [6, 6.07) is 8.91. The molecule has 1 atom stereocenters. The van der Waals surface area contributed by atoms with E-state index < -0.39 is 5.97 Å². The molecule has 9 heteroatoms. The number of carboxylic acids is 1. The van der Waals surface area contributed by atoms with Gasteiger partial charge in [0.15, 0.2) is 17.2 Å². The number of carbonyl (C=O) groups is 1. The van der Waals surface area contributed by atoms with E-state index in [1.54, 1.807) is 12.1 Å². The first kappa shape index (κ1) is 21.8. The van der Waals surface area contributed by atoms with Crippen LogP contribution in [0.2, 0.25) is 5.15 Å². The van der Waals surface area contributed by atoms with Gasteiger partial charge in [-0.2, -0.15) is 5.26 Å². The van der Waals surface area contributed by atoms with Gasteiger partial charge in [0.05, 0.1) is 22.8 Å². The second-order valence-electron chi connectivity index (χ2n) is 8.95. The number of nitrogens with one attached hydrogen (secondary N) is 1. The number of benzene rings is 1. The Morgan fingerprint density at radius 3 is 2.62 bits per heavy atom. The third-order valence-electron chi connectivity index (χ3n) is 5.47. The number of hydrogen-bond acceptors (Lipinski definition) is 7. The number of halogens is 1. The van der Waals surface area contributed by atoms with Crippen LogP contribution in [0, 0.1) is 23.7 Å². The van der Waals surface area contributed by atoms with E-state index in [1.165, 1.54) is 0 Å². The summed E-state index contributed by atoms with van der Waals surface area (Å²) in [6.07, 6.45) is 0. The Kier molecular flexibility index (Phi) is 5.39. The maximum Gasteiger partial charge on any atom is 0.356 e. The van der Waals surface area contributed by atoms with Crippen molar-refractivity contribution in [2.24, 2.45) is 5.41 Å². The Morgan fingerprint density at radius 1 is 1.28 bits per heavy atom. The largest absolute Gasteiger partial charge is 0.476 e. The van der Waals surface area contributed by atoms with E-state index in [-0.39, 0.29) is 22.3 Å². The van der Waals surface area contributed by atoms with Gasteiger partial charge < -0.3 is 15.3 Å². The lowest BCUT2D eigenvalue weighted by Gasteiger charge is -2.46. The minimum absolute atomic E-state index is 0.110. The van der Waals surface area contributed by atoms with E-state index in [1.807, 2.05) is 26.0 Å². The Bertz CT molecular complexity index is 1280. The zero-order valence-electron chi connectivity index (χ0n) is 18.3. The molecule has 1 unspecified atom stereocenters. The van der Waals surface area contributed by atoms with Crippen LogP contribution in [0.4, 0.5) is 11.5 Å². The monoisotopic (exact) mass is 450 g/mol. The van der Waals surface area contributed by atoms with E-state index in [0.29, 0.717) is 28.2 Å². The third kappa shape index (κ3) is 4.04. The first-order valence-corrected chi connectivity index (χ1v) is 10.6. The summed E-state index contributed by atoms with van der Waals surface area (Å²) in [6.45, 7) is 9.81. The molecule has 3 aromatic rings. The van der Waals surface area contributed by atoms with Gasteiger partial charge in [-0.15, -0.1) is 0 Å². The van der Waals surface area contributed by atoms with Crippen LogP contribution in [0.15, 0.2) is 24.3 Å². The van der Waals surface area contributed by atoms with Crippen molar-refractivity contribution in [2.45, 2.75) is 33.7 Å². The number of nitriles is 1. The minimum atomic E-state index is -1.17. The van der Waals surface area contributed by atoms with Crippen molar-refractivity contribution in [3.8, 4) is 6.07 Å². The van der Waals surface area contributed by atoms with E-state index in [4.69, 9.17) is 16.6 Å². The molecule has 1 aliphatic heterocycles. The van der Waals surface area contributed by atoms with Crippen LogP contribution in [0.5, 0.6) is 0 Å². The molecule has 0 spiro atoms. The predicted octanol–water partition coefficient (Wildman–Crippen LogP) is 4.58. The molecule has 1 aliphatic rings. The number of fused-ring (bicyclic) bond motifs is 1. The maximum absolute atomic E-state index is 11.6. The minimum Gasteiger partial charge on any atom is -0.476 e. The van der Waals surface area contributed by atoms with Gasteiger partial charge in [0.1, 0.15) is 11.2 Å². The molecule has 0 bridgehead atoms. The zero-order chi connectivity index (χ0) is 23.2. The first-order chi connectivity index (χ1) is 15.1. The van der Waals surface area contributed by atoms with Crippen molar-refractivity contribution in [3.63, 3.8) is 0 Å². The normalized spacial score (nSPS) is 15.7. The molecule has 3 heterocycles. The Balaban J connectivity index is 1.78. The molecule has 0 radical (unpaired) electrons. The van der Waals surface area contributed by atoms with Crippen molar-refractivity contribution in [1.29, 1.82) is 5.26 Å². The lowest BCUT2D eigenvalue weighted by Crippen LogP contribution is -2.53. The van der Waals surface area contributed by atoms with Crippen LogP contribution in [-0.2, 0) is 0 Å². The molecule has 0 amide bonds. The quantitative estimate of drug-likeness (QED) is 0.543. The van der Waals surface area contributed by atoms with Crippen LogP contribution >= 0.6 is 11.6 Å². The highest BCUT2D eigenvalue weighted by Gasteiger charge is 2.36. The van der Waals surface area contributed by atoms with Crippen molar-refractivity contribution < 1.29 is 9.90 Å². The molecule has 4 rings (SSSR count). The van der Waals surface area contributed by atoms with Crippen molar-refractivity contribution in [3.05, 3.63) is 51.9 Å². The zero-order valence-corrected chi connectivity index (χ0v) is 19.0. The van der Waals surface area contributed by atoms with E-state index in [0.717, 1.165) is 24.2 Å². The number of pyridine rings is 1. The SMILES string of the molecule is Cc1cc(C(C)Nc2ccc(Cl)nc2C(=O)O)c2nc(N3CC(C)(C)C3)c(C#N)nc2c1. The van der Waals surface area contributed by atoms with Crippen molar-refractivity contribution >= 4 is 40.1 Å². The maximum atomic E-state index is 11.6. The fourth-order valence-electron chi connectivity index (χ4n) is 4.11. The second-order valence-corrected chi connectivity index (χ2v) is 9.34. The van der Waals surface area contributed by atoms with Gasteiger partial charge in [0.2, 0.25) is 0 Å². The number of aromatic carboxylic acids is 1. The number of aromatic nitrogens is 3. The molecule has 2 aromatic heterocycles. The molecular formula is C23H23ClN6O2. The van der Waals surface area contributed by atoms with Gasteiger partial charge in [-0.05, 0) is 43.0 Å². The van der Waals surface area contributed by atoms with Gasteiger partial charge >= 0.3 is 5.97 Å². The van der Waals surface area contributed by atoms with Crippen LogP contribution in [0.3, 0.4) is 0 Å². The van der Waals surface area contributed by atoms with Crippen LogP contribution in [-0.4, -0.2) is 39.1 Å². The number of hydrogen-bond donors (Lipinski definition) is 2. The fourth-order valence-corrected chi connectivity index (χ4v) is 4.26. The molecule has 1 fully saturated rings. The van der Waals surface area contributed by atoms with Crippen LogP contribution in [0.25, 0.3) is 11.0 Å². The predicted molar refractivity (Wildman–Crippen MR) is 123 cm³/mol. The van der Waals surface area contributed by atoms with E-state index in [9.17, 15) is 15.2 Å². The molecule has 8 nitrogen and oxygen atoms in total. The Labute approximate surface area is 190 Å². The molecule has 32 heavy (non-hydrogen) atoms. The highest BCUT2D eigenvalue weighted by Crippen LogP contribution is 2.36. The number of rotatable bonds is 5.